The van der Waals surface area contributed by atoms with Crippen molar-refractivity contribution in [3.63, 3.8) is 0 Å². The first-order valence-electron chi connectivity index (χ1n) is 9.93. The van der Waals surface area contributed by atoms with Crippen molar-refractivity contribution in [2.24, 2.45) is 10.8 Å². The zero-order valence-corrected chi connectivity index (χ0v) is 20.5. The Hall–Kier alpha value is -0.220. The second-order valence-electron chi connectivity index (χ2n) is 9.27. The number of carbonyl (C=O) groups excluding carboxylic acids is 1. The molecule has 0 aromatic rings. The first kappa shape index (κ1) is 29.5. The number of thiol groups is 1. The molecular formula is C21H49N2OS+. The molecule has 0 aromatic heterocycles. The molecule has 0 fully saturated rings. The summed E-state index contributed by atoms with van der Waals surface area (Å²) in [5, 5.41) is 3.11. The van der Waals surface area contributed by atoms with Gasteiger partial charge in [-0.15, -0.1) is 0 Å². The van der Waals surface area contributed by atoms with E-state index in [1.807, 2.05) is 34.6 Å². The first-order valence-corrected chi connectivity index (χ1v) is 10.4. The fourth-order valence-electron chi connectivity index (χ4n) is 2.95. The number of nitrogens with one attached hydrogen (secondary N) is 1. The third-order valence-corrected chi connectivity index (χ3v) is 4.16. The standard InChI is InChI=1S/C17H36N2OS.2C2H6/c1-10-19(8,9)13-16(5,6)12-18-14(20)17(7,21)11-15(2,3)4;2*1-2/h10-13H2,1-9H3,(H-,18,20,21);2*1-2H3/p+1. The number of hydrogen-bond donors (Lipinski definition) is 2. The Kier molecular flexibility index (Phi) is 14.4. The minimum atomic E-state index is -0.622. The van der Waals surface area contributed by atoms with Gasteiger partial charge in [0.15, 0.2) is 0 Å². The van der Waals surface area contributed by atoms with Gasteiger partial charge in [0.25, 0.3) is 0 Å². The molecule has 1 atom stereocenters. The first-order chi connectivity index (χ1) is 11.1. The lowest BCUT2D eigenvalue weighted by atomic mass is 9.84. The fourth-order valence-corrected chi connectivity index (χ4v) is 3.50. The van der Waals surface area contributed by atoms with Crippen molar-refractivity contribution in [3.8, 4) is 0 Å². The van der Waals surface area contributed by atoms with Crippen LogP contribution in [-0.4, -0.2) is 48.9 Å². The highest BCUT2D eigenvalue weighted by atomic mass is 32.1. The third-order valence-electron chi connectivity index (χ3n) is 3.80. The van der Waals surface area contributed by atoms with Gasteiger partial charge in [-0.2, -0.15) is 12.6 Å². The van der Waals surface area contributed by atoms with Crippen molar-refractivity contribution in [3.05, 3.63) is 0 Å². The van der Waals surface area contributed by atoms with Crippen LogP contribution in [0.15, 0.2) is 0 Å². The Labute approximate surface area is 165 Å². The maximum Gasteiger partial charge on any atom is 0.235 e. The fraction of sp³-hybridized carbons (Fsp3) is 0.952. The van der Waals surface area contributed by atoms with Gasteiger partial charge in [-0.3, -0.25) is 4.79 Å². The van der Waals surface area contributed by atoms with E-state index >= 15 is 0 Å². The van der Waals surface area contributed by atoms with Crippen LogP contribution in [0, 0.1) is 10.8 Å². The Morgan fingerprint density at radius 1 is 0.960 bits per heavy atom. The highest BCUT2D eigenvalue weighted by Gasteiger charge is 2.35. The van der Waals surface area contributed by atoms with Crippen molar-refractivity contribution < 1.29 is 9.28 Å². The topological polar surface area (TPSA) is 29.1 Å². The average molecular weight is 378 g/mol. The van der Waals surface area contributed by atoms with Gasteiger partial charge in [-0.05, 0) is 25.7 Å². The predicted molar refractivity (Wildman–Crippen MR) is 118 cm³/mol. The summed E-state index contributed by atoms with van der Waals surface area (Å²) in [5.74, 6) is 0.0376. The van der Waals surface area contributed by atoms with Crippen molar-refractivity contribution >= 4 is 18.5 Å². The summed E-state index contributed by atoms with van der Waals surface area (Å²) in [4.78, 5) is 12.4. The summed E-state index contributed by atoms with van der Waals surface area (Å²) in [7, 11) is 4.46. The van der Waals surface area contributed by atoms with Gasteiger partial charge >= 0.3 is 0 Å². The Bertz CT molecular complexity index is 355. The van der Waals surface area contributed by atoms with Crippen LogP contribution in [0.25, 0.3) is 0 Å². The summed E-state index contributed by atoms with van der Waals surface area (Å²) in [6.07, 6.45) is 0.756. The maximum absolute atomic E-state index is 12.4. The molecule has 0 saturated heterocycles. The van der Waals surface area contributed by atoms with Crippen molar-refractivity contribution in [2.45, 2.75) is 87.3 Å². The molecule has 1 N–H and O–H groups in total. The SMILES string of the molecule is CC.CC.CC[N+](C)(C)CC(C)(C)CNC(=O)C(C)(S)CC(C)(C)C. The average Bonchev–Trinajstić information content (AvgIpc) is 2.45. The van der Waals surface area contributed by atoms with Crippen LogP contribution in [0.4, 0.5) is 0 Å². The van der Waals surface area contributed by atoms with Crippen molar-refractivity contribution in [1.82, 2.24) is 5.32 Å². The van der Waals surface area contributed by atoms with E-state index in [2.05, 4.69) is 73.6 Å². The molecule has 1 unspecified atom stereocenters. The minimum absolute atomic E-state index is 0.0376. The zero-order chi connectivity index (χ0) is 21.1. The molecule has 0 bridgehead atoms. The smallest absolute Gasteiger partial charge is 0.235 e. The maximum atomic E-state index is 12.4. The molecule has 0 rings (SSSR count). The lowest BCUT2D eigenvalue weighted by Gasteiger charge is -2.37. The molecule has 0 aliphatic rings. The van der Waals surface area contributed by atoms with Gasteiger partial charge in [0.2, 0.25) is 5.91 Å². The summed E-state index contributed by atoms with van der Waals surface area (Å²) in [6, 6.07) is 0. The predicted octanol–water partition coefficient (Wildman–Crippen LogP) is 5.40. The number of carbonyl (C=O) groups is 1. The molecule has 0 aliphatic heterocycles. The van der Waals surface area contributed by atoms with Gasteiger partial charge in [-0.1, -0.05) is 62.3 Å². The Morgan fingerprint density at radius 2 is 1.36 bits per heavy atom. The van der Waals surface area contributed by atoms with Gasteiger partial charge in [0.05, 0.1) is 31.9 Å². The number of nitrogens with zero attached hydrogens (tertiary/aromatic N) is 1. The molecule has 0 saturated carbocycles. The third kappa shape index (κ3) is 15.7. The summed E-state index contributed by atoms with van der Waals surface area (Å²) >= 11 is 4.59. The van der Waals surface area contributed by atoms with Crippen LogP contribution in [0.5, 0.6) is 0 Å². The molecule has 0 spiro atoms. The van der Waals surface area contributed by atoms with Crippen LogP contribution in [0.3, 0.4) is 0 Å². The van der Waals surface area contributed by atoms with Gasteiger partial charge in [0, 0.05) is 12.0 Å². The van der Waals surface area contributed by atoms with E-state index in [0.717, 1.165) is 24.0 Å². The lowest BCUT2D eigenvalue weighted by molar-refractivity contribution is -0.894. The largest absolute Gasteiger partial charge is 0.354 e. The number of rotatable bonds is 7. The Morgan fingerprint density at radius 3 is 1.68 bits per heavy atom. The highest BCUT2D eigenvalue weighted by Crippen LogP contribution is 2.32. The van der Waals surface area contributed by atoms with E-state index in [4.69, 9.17) is 0 Å². The molecular weight excluding hydrogens is 328 g/mol. The van der Waals surface area contributed by atoms with E-state index in [1.165, 1.54) is 0 Å². The summed E-state index contributed by atoms with van der Waals surface area (Å²) in [6.45, 7) is 25.8. The molecule has 25 heavy (non-hydrogen) atoms. The normalized spacial score (nSPS) is 14.3. The molecule has 1 amide bonds. The van der Waals surface area contributed by atoms with Crippen LogP contribution in [0.2, 0.25) is 0 Å². The van der Waals surface area contributed by atoms with Crippen LogP contribution >= 0.6 is 12.6 Å². The molecule has 4 heteroatoms. The molecule has 0 aliphatic carbocycles. The van der Waals surface area contributed by atoms with E-state index < -0.39 is 4.75 Å². The van der Waals surface area contributed by atoms with Crippen LogP contribution < -0.4 is 5.32 Å². The molecule has 0 aromatic carbocycles. The second-order valence-corrected chi connectivity index (χ2v) is 10.3. The molecule has 154 valence electrons. The van der Waals surface area contributed by atoms with Crippen LogP contribution in [-0.2, 0) is 4.79 Å². The zero-order valence-electron chi connectivity index (χ0n) is 19.6. The second kappa shape index (κ2) is 12.2. The lowest BCUT2D eigenvalue weighted by Crippen LogP contribution is -2.52. The molecule has 0 radical (unpaired) electrons. The van der Waals surface area contributed by atoms with Crippen molar-refractivity contribution in [1.29, 1.82) is 0 Å². The van der Waals surface area contributed by atoms with Crippen molar-refractivity contribution in [2.75, 3.05) is 33.7 Å². The molecule has 0 heterocycles. The van der Waals surface area contributed by atoms with E-state index in [-0.39, 0.29) is 16.7 Å². The minimum Gasteiger partial charge on any atom is -0.354 e. The summed E-state index contributed by atoms with van der Waals surface area (Å²) < 4.78 is 0.340. The van der Waals surface area contributed by atoms with E-state index in [9.17, 15) is 4.79 Å². The van der Waals surface area contributed by atoms with Gasteiger partial charge in [0.1, 0.15) is 0 Å². The van der Waals surface area contributed by atoms with E-state index in [1.54, 1.807) is 0 Å². The number of hydrogen-bond acceptors (Lipinski definition) is 2. The van der Waals surface area contributed by atoms with E-state index in [0.29, 0.717) is 6.54 Å². The van der Waals surface area contributed by atoms with Crippen LogP contribution in [0.1, 0.15) is 82.6 Å². The number of quaternary nitrogens is 1. The molecule has 3 nitrogen and oxygen atoms in total. The number of amides is 1. The highest BCUT2D eigenvalue weighted by molar-refractivity contribution is 7.82. The quantitative estimate of drug-likeness (QED) is 0.451. The Balaban J connectivity index is -0.00000112. The summed E-state index contributed by atoms with van der Waals surface area (Å²) in [5.41, 5.74) is 0.158. The van der Waals surface area contributed by atoms with Gasteiger partial charge in [-0.25, -0.2) is 0 Å². The van der Waals surface area contributed by atoms with Gasteiger partial charge < -0.3 is 9.80 Å². The monoisotopic (exact) mass is 377 g/mol.